The van der Waals surface area contributed by atoms with Crippen molar-refractivity contribution in [1.29, 1.82) is 0 Å². The molecular formula is C17H19NO3. The number of hydrogen-bond acceptors (Lipinski definition) is 2. The van der Waals surface area contributed by atoms with Crippen molar-refractivity contribution in [3.05, 3.63) is 29.8 Å². The smallest absolute Gasteiger partial charge is 0.312 e. The zero-order chi connectivity index (χ0) is 14.6. The first kappa shape index (κ1) is 12.9. The number of hydrogen-bond donors (Lipinski definition) is 1. The molecule has 4 nitrogen and oxygen atoms in total. The molecule has 0 saturated heterocycles. The Labute approximate surface area is 123 Å². The van der Waals surface area contributed by atoms with E-state index in [0.29, 0.717) is 18.4 Å². The van der Waals surface area contributed by atoms with Crippen LogP contribution in [0, 0.1) is 17.8 Å². The van der Waals surface area contributed by atoms with E-state index in [2.05, 4.69) is 0 Å². The van der Waals surface area contributed by atoms with Gasteiger partial charge in [0.05, 0.1) is 0 Å². The van der Waals surface area contributed by atoms with E-state index in [-0.39, 0.29) is 11.8 Å². The molecule has 0 aromatic heterocycles. The molecule has 1 aromatic carbocycles. The quantitative estimate of drug-likeness (QED) is 0.908. The van der Waals surface area contributed by atoms with Crippen LogP contribution in [-0.2, 0) is 9.59 Å². The van der Waals surface area contributed by atoms with Gasteiger partial charge in [0.25, 0.3) is 0 Å². The molecule has 3 aliphatic rings. The number of carbonyl (C=O) groups is 2. The van der Waals surface area contributed by atoms with Gasteiger partial charge in [-0.3, -0.25) is 9.59 Å². The van der Waals surface area contributed by atoms with Crippen LogP contribution in [0.1, 0.15) is 37.2 Å². The fourth-order valence-electron chi connectivity index (χ4n) is 4.37. The van der Waals surface area contributed by atoms with Crippen molar-refractivity contribution >= 4 is 17.6 Å². The van der Waals surface area contributed by atoms with Crippen LogP contribution in [0.15, 0.2) is 24.3 Å². The second kappa shape index (κ2) is 4.58. The van der Waals surface area contributed by atoms with Gasteiger partial charge >= 0.3 is 5.97 Å². The first-order chi connectivity index (χ1) is 10.2. The van der Waals surface area contributed by atoms with Crippen LogP contribution in [0.5, 0.6) is 0 Å². The number of aliphatic carboxylic acids is 1. The molecule has 0 radical (unpaired) electrons. The van der Waals surface area contributed by atoms with Gasteiger partial charge < -0.3 is 10.0 Å². The van der Waals surface area contributed by atoms with Gasteiger partial charge in [-0.15, -0.1) is 0 Å². The highest BCUT2D eigenvalue weighted by Gasteiger charge is 2.56. The van der Waals surface area contributed by atoms with Crippen LogP contribution in [-0.4, -0.2) is 23.5 Å². The molecule has 3 unspecified atom stereocenters. The molecule has 1 amide bonds. The molecule has 1 aromatic rings. The Hall–Kier alpha value is -1.84. The highest BCUT2D eigenvalue weighted by molar-refractivity contribution is 6.01. The summed E-state index contributed by atoms with van der Waals surface area (Å²) >= 11 is 0. The maximum atomic E-state index is 12.8. The molecule has 4 heteroatoms. The molecule has 0 spiro atoms. The lowest BCUT2D eigenvalue weighted by atomic mass is 10.0. The third-order valence-corrected chi connectivity index (χ3v) is 5.47. The molecule has 110 valence electrons. The maximum Gasteiger partial charge on any atom is 0.312 e. The van der Waals surface area contributed by atoms with Gasteiger partial charge in [-0.25, -0.2) is 0 Å². The summed E-state index contributed by atoms with van der Waals surface area (Å²) in [4.78, 5) is 26.0. The van der Waals surface area contributed by atoms with Gasteiger partial charge in [0.2, 0.25) is 5.91 Å². The number of carbonyl (C=O) groups excluding carboxylic acids is 1. The predicted molar refractivity (Wildman–Crippen MR) is 78.1 cm³/mol. The van der Waals surface area contributed by atoms with Crippen molar-refractivity contribution in [1.82, 2.24) is 0 Å². The minimum atomic E-state index is -0.842. The highest BCUT2D eigenvalue weighted by atomic mass is 16.4. The molecule has 1 N–H and O–H groups in total. The first-order valence-electron chi connectivity index (χ1n) is 7.81. The van der Waals surface area contributed by atoms with Crippen LogP contribution >= 0.6 is 0 Å². The number of benzene rings is 1. The number of carboxylic acid groups (broad SMARTS) is 1. The van der Waals surface area contributed by atoms with Crippen molar-refractivity contribution < 1.29 is 14.7 Å². The average Bonchev–Trinajstić information content (AvgIpc) is 3.09. The van der Waals surface area contributed by atoms with Crippen molar-refractivity contribution in [3.8, 4) is 0 Å². The Morgan fingerprint density at radius 3 is 2.43 bits per heavy atom. The number of para-hydroxylation sites is 1. The summed E-state index contributed by atoms with van der Waals surface area (Å²) in [5, 5.41) is 9.38. The van der Waals surface area contributed by atoms with Crippen LogP contribution in [0.3, 0.4) is 0 Å². The lowest BCUT2D eigenvalue weighted by Crippen LogP contribution is -2.33. The van der Waals surface area contributed by atoms with E-state index in [1.807, 2.05) is 24.3 Å². The molecule has 1 heterocycles. The van der Waals surface area contributed by atoms with Crippen LogP contribution < -0.4 is 4.90 Å². The van der Waals surface area contributed by atoms with E-state index in [4.69, 9.17) is 0 Å². The molecule has 21 heavy (non-hydrogen) atoms. The molecule has 2 aliphatic carbocycles. The molecule has 4 rings (SSSR count). The summed E-state index contributed by atoms with van der Waals surface area (Å²) in [6.45, 7) is 0.295. The second-order valence-corrected chi connectivity index (χ2v) is 6.54. The Balaban J connectivity index is 1.62. The number of amides is 1. The summed E-state index contributed by atoms with van der Waals surface area (Å²) in [7, 11) is 0. The second-order valence-electron chi connectivity index (χ2n) is 6.54. The Morgan fingerprint density at radius 1 is 1.10 bits per heavy atom. The fourth-order valence-corrected chi connectivity index (χ4v) is 4.37. The van der Waals surface area contributed by atoms with Crippen molar-refractivity contribution in [2.75, 3.05) is 11.4 Å². The van der Waals surface area contributed by atoms with Gasteiger partial charge in [0.15, 0.2) is 0 Å². The number of anilines is 1. The Bertz CT molecular complexity index is 600. The Morgan fingerprint density at radius 2 is 1.76 bits per heavy atom. The number of fused-ring (bicyclic) bond motifs is 2. The molecule has 2 fully saturated rings. The highest BCUT2D eigenvalue weighted by Crippen LogP contribution is 2.57. The van der Waals surface area contributed by atoms with Crippen LogP contribution in [0.25, 0.3) is 0 Å². The van der Waals surface area contributed by atoms with Gasteiger partial charge in [-0.05, 0) is 36.3 Å². The SMILES string of the molecule is O=C(O)C1CN(C(=O)C2C3CCCCC32)c2ccccc21. The largest absolute Gasteiger partial charge is 0.481 e. The fraction of sp³-hybridized carbons (Fsp3) is 0.529. The van der Waals surface area contributed by atoms with Crippen LogP contribution in [0.4, 0.5) is 5.69 Å². The monoisotopic (exact) mass is 285 g/mol. The lowest BCUT2D eigenvalue weighted by molar-refractivity contribution is -0.138. The third-order valence-electron chi connectivity index (χ3n) is 5.47. The van der Waals surface area contributed by atoms with E-state index < -0.39 is 11.9 Å². The van der Waals surface area contributed by atoms with Gasteiger partial charge in [-0.2, -0.15) is 0 Å². The van der Waals surface area contributed by atoms with E-state index in [1.165, 1.54) is 25.7 Å². The maximum absolute atomic E-state index is 12.8. The van der Waals surface area contributed by atoms with Crippen molar-refractivity contribution in [2.45, 2.75) is 31.6 Å². The normalized spacial score (nSPS) is 33.2. The predicted octanol–water partition coefficient (Wildman–Crippen LogP) is 2.64. The van der Waals surface area contributed by atoms with Gasteiger partial charge in [0.1, 0.15) is 5.92 Å². The molecule has 0 bridgehead atoms. The minimum absolute atomic E-state index is 0.146. The topological polar surface area (TPSA) is 57.6 Å². The van der Waals surface area contributed by atoms with E-state index in [1.54, 1.807) is 4.90 Å². The summed E-state index contributed by atoms with van der Waals surface area (Å²) in [5.41, 5.74) is 1.58. The molecule has 2 saturated carbocycles. The third kappa shape index (κ3) is 1.88. The zero-order valence-corrected chi connectivity index (χ0v) is 11.9. The standard InChI is InChI=1S/C17H19NO3/c19-16(15-11-6-1-2-7-12(11)15)18-9-13(17(20)21)10-5-3-4-8-14(10)18/h3-5,8,11-13,15H,1-2,6-7,9H2,(H,20,21). The summed E-state index contributed by atoms with van der Waals surface area (Å²) < 4.78 is 0. The lowest BCUT2D eigenvalue weighted by Gasteiger charge is -2.17. The van der Waals surface area contributed by atoms with Gasteiger partial charge in [-0.1, -0.05) is 31.0 Å². The molecular weight excluding hydrogens is 266 g/mol. The summed E-state index contributed by atoms with van der Waals surface area (Å²) in [6.07, 6.45) is 4.80. The van der Waals surface area contributed by atoms with Crippen molar-refractivity contribution in [2.24, 2.45) is 17.8 Å². The Kier molecular flexibility index (Phi) is 2.81. The van der Waals surface area contributed by atoms with E-state index in [0.717, 1.165) is 11.3 Å². The molecule has 3 atom stereocenters. The number of carboxylic acids is 1. The average molecular weight is 285 g/mol. The summed E-state index contributed by atoms with van der Waals surface area (Å²) in [5.74, 6) is -0.00215. The first-order valence-corrected chi connectivity index (χ1v) is 7.81. The van der Waals surface area contributed by atoms with Gasteiger partial charge in [0, 0.05) is 18.2 Å². The van der Waals surface area contributed by atoms with E-state index >= 15 is 0 Å². The van der Waals surface area contributed by atoms with Crippen LogP contribution in [0.2, 0.25) is 0 Å². The van der Waals surface area contributed by atoms with Crippen molar-refractivity contribution in [3.63, 3.8) is 0 Å². The molecule has 1 aliphatic heterocycles. The number of nitrogens with zero attached hydrogens (tertiary/aromatic N) is 1. The van der Waals surface area contributed by atoms with E-state index in [9.17, 15) is 14.7 Å². The minimum Gasteiger partial charge on any atom is -0.481 e. The summed E-state index contributed by atoms with van der Waals surface area (Å²) in [6, 6.07) is 7.44. The number of rotatable bonds is 2. The zero-order valence-electron chi connectivity index (χ0n) is 11.9.